The van der Waals surface area contributed by atoms with Crippen LogP contribution in [0, 0.1) is 6.92 Å². The molecular weight excluding hydrogens is 388 g/mol. The molecule has 1 aliphatic heterocycles. The van der Waals surface area contributed by atoms with E-state index in [1.807, 2.05) is 19.1 Å². The number of halogens is 1. The minimum absolute atomic E-state index is 0.0202. The Kier molecular flexibility index (Phi) is 4.91. The summed E-state index contributed by atoms with van der Waals surface area (Å²) in [6, 6.07) is 18.2. The van der Waals surface area contributed by atoms with Crippen molar-refractivity contribution in [1.82, 2.24) is 4.98 Å². The molecular formula is C23H17ClN2O3. The van der Waals surface area contributed by atoms with E-state index < -0.39 is 17.7 Å². The Morgan fingerprint density at radius 1 is 1.00 bits per heavy atom. The van der Waals surface area contributed by atoms with Crippen LogP contribution in [0.5, 0.6) is 0 Å². The van der Waals surface area contributed by atoms with Crippen LogP contribution in [0.1, 0.15) is 22.7 Å². The van der Waals surface area contributed by atoms with E-state index in [1.54, 1.807) is 60.8 Å². The van der Waals surface area contributed by atoms with Crippen LogP contribution in [-0.2, 0) is 9.59 Å². The van der Waals surface area contributed by atoms with E-state index in [2.05, 4.69) is 4.98 Å². The van der Waals surface area contributed by atoms with Crippen LogP contribution < -0.4 is 4.90 Å². The first-order valence-corrected chi connectivity index (χ1v) is 9.39. The number of anilines is 1. The second kappa shape index (κ2) is 7.53. The number of pyridine rings is 1. The van der Waals surface area contributed by atoms with Crippen molar-refractivity contribution < 1.29 is 14.7 Å². The molecule has 0 bridgehead atoms. The number of aryl methyl sites for hydroxylation is 1. The molecule has 0 saturated carbocycles. The molecule has 4 rings (SSSR count). The Balaban J connectivity index is 1.94. The topological polar surface area (TPSA) is 70.5 Å². The van der Waals surface area contributed by atoms with Crippen molar-refractivity contribution in [3.05, 3.63) is 100 Å². The number of rotatable bonds is 3. The Morgan fingerprint density at radius 2 is 1.69 bits per heavy atom. The lowest BCUT2D eigenvalue weighted by atomic mass is 9.95. The van der Waals surface area contributed by atoms with E-state index in [9.17, 15) is 14.7 Å². The number of nitrogens with zero attached hydrogens (tertiary/aromatic N) is 2. The van der Waals surface area contributed by atoms with E-state index in [1.165, 1.54) is 4.90 Å². The normalized spacial score (nSPS) is 18.3. The van der Waals surface area contributed by atoms with Crippen molar-refractivity contribution in [2.45, 2.75) is 13.0 Å². The lowest BCUT2D eigenvalue weighted by molar-refractivity contribution is -0.132. The number of aromatic nitrogens is 1. The number of ketones is 1. The highest BCUT2D eigenvalue weighted by Gasteiger charge is 2.47. The van der Waals surface area contributed by atoms with Crippen LogP contribution in [0.15, 0.2) is 78.5 Å². The fourth-order valence-corrected chi connectivity index (χ4v) is 3.52. The minimum atomic E-state index is -0.816. The second-order valence-corrected chi connectivity index (χ2v) is 7.21. The maximum absolute atomic E-state index is 13.0. The van der Waals surface area contributed by atoms with E-state index in [0.29, 0.717) is 22.0 Å². The van der Waals surface area contributed by atoms with Gasteiger partial charge >= 0.3 is 5.91 Å². The third-order valence-electron chi connectivity index (χ3n) is 4.85. The van der Waals surface area contributed by atoms with Gasteiger partial charge in [0.25, 0.3) is 5.78 Å². The summed E-state index contributed by atoms with van der Waals surface area (Å²) in [5.74, 6) is -1.38. The van der Waals surface area contributed by atoms with E-state index in [4.69, 9.17) is 11.6 Å². The van der Waals surface area contributed by atoms with Gasteiger partial charge in [0.2, 0.25) is 0 Å². The summed E-state index contributed by atoms with van der Waals surface area (Å²) in [6.07, 6.45) is 1.55. The van der Waals surface area contributed by atoms with Crippen molar-refractivity contribution in [2.24, 2.45) is 0 Å². The molecule has 1 amide bonds. The molecule has 2 aromatic carbocycles. The van der Waals surface area contributed by atoms with Gasteiger partial charge in [-0.05, 0) is 36.8 Å². The van der Waals surface area contributed by atoms with E-state index in [0.717, 1.165) is 5.56 Å². The Bertz CT molecular complexity index is 1110. The lowest BCUT2D eigenvalue weighted by Gasteiger charge is -2.24. The summed E-state index contributed by atoms with van der Waals surface area (Å²) in [4.78, 5) is 31.4. The summed E-state index contributed by atoms with van der Waals surface area (Å²) >= 11 is 6.02. The van der Waals surface area contributed by atoms with Gasteiger partial charge in [0.1, 0.15) is 11.6 Å². The average molecular weight is 405 g/mol. The first-order valence-electron chi connectivity index (χ1n) is 9.02. The molecule has 1 atom stereocenters. The molecule has 1 fully saturated rings. The van der Waals surface area contributed by atoms with Gasteiger partial charge in [0.05, 0.1) is 11.6 Å². The minimum Gasteiger partial charge on any atom is -0.507 e. The van der Waals surface area contributed by atoms with Gasteiger partial charge in [0.15, 0.2) is 0 Å². The first-order chi connectivity index (χ1) is 14.0. The second-order valence-electron chi connectivity index (χ2n) is 6.77. The Morgan fingerprint density at radius 3 is 2.31 bits per heavy atom. The smallest absolute Gasteiger partial charge is 0.301 e. The zero-order valence-corrected chi connectivity index (χ0v) is 16.3. The van der Waals surface area contributed by atoms with E-state index >= 15 is 0 Å². The fraction of sp³-hybridized carbons (Fsp3) is 0.0870. The summed E-state index contributed by atoms with van der Waals surface area (Å²) in [6.45, 7) is 1.93. The van der Waals surface area contributed by atoms with Crippen LogP contribution in [0.25, 0.3) is 5.76 Å². The van der Waals surface area contributed by atoms with Gasteiger partial charge in [-0.3, -0.25) is 14.5 Å². The van der Waals surface area contributed by atoms with Crippen LogP contribution in [-0.4, -0.2) is 21.8 Å². The molecule has 144 valence electrons. The quantitative estimate of drug-likeness (QED) is 0.391. The Labute approximate surface area is 172 Å². The molecule has 0 radical (unpaired) electrons. The third-order valence-corrected chi connectivity index (χ3v) is 5.10. The fourth-order valence-electron chi connectivity index (χ4n) is 3.39. The highest BCUT2D eigenvalue weighted by molar-refractivity contribution is 6.51. The van der Waals surface area contributed by atoms with Gasteiger partial charge < -0.3 is 5.11 Å². The van der Waals surface area contributed by atoms with Crippen molar-refractivity contribution in [3.8, 4) is 0 Å². The van der Waals surface area contributed by atoms with Crippen molar-refractivity contribution in [2.75, 3.05) is 4.90 Å². The van der Waals surface area contributed by atoms with E-state index in [-0.39, 0.29) is 11.3 Å². The molecule has 2 heterocycles. The Hall–Kier alpha value is -3.44. The summed E-state index contributed by atoms with van der Waals surface area (Å²) in [5.41, 5.74) is 2.15. The summed E-state index contributed by atoms with van der Waals surface area (Å²) < 4.78 is 0. The van der Waals surface area contributed by atoms with Crippen LogP contribution >= 0.6 is 11.6 Å². The molecule has 6 heteroatoms. The van der Waals surface area contributed by atoms with Crippen molar-refractivity contribution in [1.29, 1.82) is 0 Å². The van der Waals surface area contributed by atoms with Gasteiger partial charge in [-0.1, -0.05) is 59.6 Å². The van der Waals surface area contributed by atoms with Gasteiger partial charge in [-0.2, -0.15) is 0 Å². The maximum Gasteiger partial charge on any atom is 0.301 e. The predicted molar refractivity (Wildman–Crippen MR) is 112 cm³/mol. The van der Waals surface area contributed by atoms with Gasteiger partial charge in [-0.25, -0.2) is 4.98 Å². The molecule has 5 nitrogen and oxygen atoms in total. The number of aliphatic hydroxyl groups is 1. The van der Waals surface area contributed by atoms with Crippen molar-refractivity contribution >= 4 is 34.9 Å². The number of carbonyl (C=O) groups excluding carboxylic acids is 2. The number of aliphatic hydroxyl groups excluding tert-OH is 1. The molecule has 1 N–H and O–H groups in total. The molecule has 0 aliphatic carbocycles. The number of hydrogen-bond acceptors (Lipinski definition) is 4. The maximum atomic E-state index is 13.0. The number of carbonyl (C=O) groups is 2. The number of hydrogen-bond donors (Lipinski definition) is 1. The first kappa shape index (κ1) is 18.9. The molecule has 3 aromatic rings. The average Bonchev–Trinajstić information content (AvgIpc) is 3.00. The van der Waals surface area contributed by atoms with Gasteiger partial charge in [0, 0.05) is 16.8 Å². The number of Topliss-reactive ketones (excluding diaryl/α,β-unsaturated/α-hetero) is 1. The highest BCUT2D eigenvalue weighted by atomic mass is 35.5. The standard InChI is InChI=1S/C23H17ClN2O3/c1-14-5-7-16(8-6-14)21(27)19-20(15-9-11-17(24)12-10-15)26(23(29)22(19)28)18-4-2-3-13-25-18/h2-13,20,27H,1H3/t20-/m0/s1. The monoisotopic (exact) mass is 404 g/mol. The predicted octanol–water partition coefficient (Wildman–Crippen LogP) is 4.67. The largest absolute Gasteiger partial charge is 0.507 e. The molecule has 1 aliphatic rings. The molecule has 1 aromatic heterocycles. The van der Waals surface area contributed by atoms with Crippen LogP contribution in [0.4, 0.5) is 5.82 Å². The van der Waals surface area contributed by atoms with Gasteiger partial charge in [-0.15, -0.1) is 0 Å². The summed E-state index contributed by atoms with van der Waals surface area (Å²) in [7, 11) is 0. The molecule has 0 unspecified atom stereocenters. The number of benzene rings is 2. The van der Waals surface area contributed by atoms with Crippen molar-refractivity contribution in [3.63, 3.8) is 0 Å². The zero-order chi connectivity index (χ0) is 20.5. The molecule has 0 spiro atoms. The van der Waals surface area contributed by atoms with Crippen LogP contribution in [0.3, 0.4) is 0 Å². The zero-order valence-electron chi connectivity index (χ0n) is 15.5. The third kappa shape index (κ3) is 3.41. The SMILES string of the molecule is Cc1ccc(C(O)=C2C(=O)C(=O)N(c3ccccn3)[C@H]2c2ccc(Cl)cc2)cc1. The summed E-state index contributed by atoms with van der Waals surface area (Å²) in [5, 5.41) is 11.5. The molecule has 1 saturated heterocycles. The lowest BCUT2D eigenvalue weighted by Crippen LogP contribution is -2.30. The van der Waals surface area contributed by atoms with Crippen LogP contribution in [0.2, 0.25) is 5.02 Å². The number of amides is 1. The molecule has 29 heavy (non-hydrogen) atoms. The highest BCUT2D eigenvalue weighted by Crippen LogP contribution is 2.41.